The summed E-state index contributed by atoms with van der Waals surface area (Å²) in [6.45, 7) is 0.858. The van der Waals surface area contributed by atoms with Gasteiger partial charge in [0, 0.05) is 29.7 Å². The third-order valence-corrected chi connectivity index (χ3v) is 5.35. The monoisotopic (exact) mass is 355 g/mol. The summed E-state index contributed by atoms with van der Waals surface area (Å²) in [6.07, 6.45) is 9.86. The second kappa shape index (κ2) is 8.92. The highest BCUT2D eigenvalue weighted by molar-refractivity contribution is 7.07. The minimum atomic E-state index is -0.124. The topological polar surface area (TPSA) is 45.2 Å². The highest BCUT2D eigenvalue weighted by Gasteiger charge is 2.18. The molecule has 0 spiro atoms. The summed E-state index contributed by atoms with van der Waals surface area (Å²) >= 11 is 1.52. The second-order valence-electron chi connectivity index (χ2n) is 6.60. The van der Waals surface area contributed by atoms with Crippen LogP contribution in [0.3, 0.4) is 0 Å². The predicted molar refractivity (Wildman–Crippen MR) is 105 cm³/mol. The molecule has 0 aliphatic heterocycles. The third kappa shape index (κ3) is 5.25. The van der Waals surface area contributed by atoms with E-state index in [1.807, 2.05) is 23.6 Å². The minimum Gasteiger partial charge on any atom is -0.322 e. The number of carbonyl (C=O) groups excluding carboxylic acids is 1. The molecule has 4 nitrogen and oxygen atoms in total. The average Bonchev–Trinajstić information content (AvgIpc) is 3.16. The normalized spacial score (nSPS) is 15.8. The first-order valence-corrected chi connectivity index (χ1v) is 9.82. The van der Waals surface area contributed by atoms with E-state index in [2.05, 4.69) is 28.3 Å². The Morgan fingerprint density at radius 2 is 2.12 bits per heavy atom. The molecular weight excluding hydrogens is 330 g/mol. The first kappa shape index (κ1) is 17.8. The van der Waals surface area contributed by atoms with E-state index in [9.17, 15) is 4.79 Å². The van der Waals surface area contributed by atoms with Crippen LogP contribution < -0.4 is 5.32 Å². The van der Waals surface area contributed by atoms with Crippen molar-refractivity contribution >= 4 is 29.0 Å². The molecule has 132 valence electrons. The highest BCUT2D eigenvalue weighted by Crippen LogP contribution is 2.24. The zero-order chi connectivity index (χ0) is 17.5. The van der Waals surface area contributed by atoms with Crippen molar-refractivity contribution in [1.82, 2.24) is 9.88 Å². The van der Waals surface area contributed by atoms with E-state index in [-0.39, 0.29) is 5.91 Å². The number of nitrogens with one attached hydrogen (secondary N) is 1. The molecule has 1 fully saturated rings. The van der Waals surface area contributed by atoms with Gasteiger partial charge in [0.15, 0.2) is 0 Å². The van der Waals surface area contributed by atoms with Gasteiger partial charge < -0.3 is 5.32 Å². The quantitative estimate of drug-likeness (QED) is 0.773. The number of amides is 1. The first-order chi connectivity index (χ1) is 12.2. The number of hydrogen-bond donors (Lipinski definition) is 1. The van der Waals surface area contributed by atoms with Crippen molar-refractivity contribution in [2.45, 2.75) is 44.7 Å². The zero-order valence-electron chi connectivity index (χ0n) is 14.6. The number of carbonyl (C=O) groups is 1. The summed E-state index contributed by atoms with van der Waals surface area (Å²) in [4.78, 5) is 18.8. The van der Waals surface area contributed by atoms with Gasteiger partial charge in [0.1, 0.15) is 0 Å². The molecule has 1 amide bonds. The van der Waals surface area contributed by atoms with Crippen molar-refractivity contribution in [3.63, 3.8) is 0 Å². The summed E-state index contributed by atoms with van der Waals surface area (Å²) < 4.78 is 0. The maximum absolute atomic E-state index is 12.2. The van der Waals surface area contributed by atoms with Crippen molar-refractivity contribution < 1.29 is 4.79 Å². The number of thiazole rings is 1. The van der Waals surface area contributed by atoms with Crippen molar-refractivity contribution in [3.05, 3.63) is 52.5 Å². The van der Waals surface area contributed by atoms with E-state index in [0.29, 0.717) is 6.04 Å². The van der Waals surface area contributed by atoms with Crippen LogP contribution in [-0.4, -0.2) is 28.9 Å². The van der Waals surface area contributed by atoms with Crippen LogP contribution in [0.15, 0.2) is 41.2 Å². The van der Waals surface area contributed by atoms with Crippen molar-refractivity contribution in [2.75, 3.05) is 12.4 Å². The Morgan fingerprint density at radius 1 is 1.32 bits per heavy atom. The van der Waals surface area contributed by atoms with Crippen LogP contribution >= 0.6 is 11.3 Å². The maximum Gasteiger partial charge on any atom is 0.248 e. The molecule has 0 saturated heterocycles. The smallest absolute Gasteiger partial charge is 0.248 e. The minimum absolute atomic E-state index is 0.124. The molecule has 1 heterocycles. The summed E-state index contributed by atoms with van der Waals surface area (Å²) in [5, 5.41) is 4.92. The third-order valence-electron chi connectivity index (χ3n) is 4.75. The lowest BCUT2D eigenvalue weighted by Crippen LogP contribution is -2.33. The Balaban J connectivity index is 1.62. The van der Waals surface area contributed by atoms with Gasteiger partial charge in [-0.25, -0.2) is 4.98 Å². The zero-order valence-corrected chi connectivity index (χ0v) is 15.5. The molecule has 0 bridgehead atoms. The lowest BCUT2D eigenvalue weighted by molar-refractivity contribution is -0.111. The van der Waals surface area contributed by atoms with Crippen LogP contribution in [0.25, 0.3) is 6.08 Å². The summed E-state index contributed by atoms with van der Waals surface area (Å²) in [7, 11) is 2.19. The molecule has 0 unspecified atom stereocenters. The molecule has 0 atom stereocenters. The van der Waals surface area contributed by atoms with E-state index >= 15 is 0 Å². The second-order valence-corrected chi connectivity index (χ2v) is 7.32. The molecule has 1 aliphatic rings. The van der Waals surface area contributed by atoms with Crippen LogP contribution in [0.4, 0.5) is 5.69 Å². The lowest BCUT2D eigenvalue weighted by atomic mass is 9.94. The Hall–Kier alpha value is -1.98. The standard InChI is InChI=1S/C20H25N3OS/c1-23(18-8-3-2-4-9-18)13-16-7-5-6-10-19(16)22-20(24)12-11-17-14-25-15-21-17/h5-7,10-12,14-15,18H,2-4,8-9,13H2,1H3,(H,22,24)/b12-11+. The Labute approximate surface area is 153 Å². The molecule has 2 aromatic rings. The molecule has 1 aliphatic carbocycles. The van der Waals surface area contributed by atoms with Crippen LogP contribution in [0.1, 0.15) is 43.4 Å². The van der Waals surface area contributed by atoms with Crippen LogP contribution in [0.2, 0.25) is 0 Å². The van der Waals surface area contributed by atoms with E-state index in [1.54, 1.807) is 11.6 Å². The predicted octanol–water partition coefficient (Wildman–Crippen LogP) is 4.56. The van der Waals surface area contributed by atoms with Gasteiger partial charge in [-0.05, 0) is 37.6 Å². The molecular formula is C20H25N3OS. The number of hydrogen-bond acceptors (Lipinski definition) is 4. The van der Waals surface area contributed by atoms with Crippen LogP contribution in [0.5, 0.6) is 0 Å². The Bertz CT molecular complexity index is 705. The van der Waals surface area contributed by atoms with E-state index in [0.717, 1.165) is 23.5 Å². The van der Waals surface area contributed by atoms with Gasteiger partial charge in [-0.2, -0.15) is 0 Å². The molecule has 1 saturated carbocycles. The summed E-state index contributed by atoms with van der Waals surface area (Å²) in [5.41, 5.74) is 4.61. The maximum atomic E-state index is 12.2. The fraction of sp³-hybridized carbons (Fsp3) is 0.400. The lowest BCUT2D eigenvalue weighted by Gasteiger charge is -2.31. The number of para-hydroxylation sites is 1. The van der Waals surface area contributed by atoms with Gasteiger partial charge in [-0.1, -0.05) is 37.5 Å². The number of aromatic nitrogens is 1. The van der Waals surface area contributed by atoms with Crippen LogP contribution in [0, 0.1) is 0 Å². The summed E-state index contributed by atoms with van der Waals surface area (Å²) in [6, 6.07) is 8.72. The van der Waals surface area contributed by atoms with E-state index < -0.39 is 0 Å². The van der Waals surface area contributed by atoms with Crippen molar-refractivity contribution in [1.29, 1.82) is 0 Å². The van der Waals surface area contributed by atoms with Gasteiger partial charge >= 0.3 is 0 Å². The average molecular weight is 356 g/mol. The molecule has 1 aromatic heterocycles. The Morgan fingerprint density at radius 3 is 2.88 bits per heavy atom. The molecule has 25 heavy (non-hydrogen) atoms. The van der Waals surface area contributed by atoms with Gasteiger partial charge in [0.05, 0.1) is 11.2 Å². The highest BCUT2D eigenvalue weighted by atomic mass is 32.1. The molecule has 5 heteroatoms. The van der Waals surface area contributed by atoms with Gasteiger partial charge in [0.2, 0.25) is 5.91 Å². The number of benzene rings is 1. The molecule has 1 N–H and O–H groups in total. The molecule has 1 aromatic carbocycles. The van der Waals surface area contributed by atoms with E-state index in [1.165, 1.54) is 49.5 Å². The number of rotatable bonds is 6. The number of nitrogens with zero attached hydrogens (tertiary/aromatic N) is 2. The van der Waals surface area contributed by atoms with Crippen molar-refractivity contribution in [3.8, 4) is 0 Å². The van der Waals surface area contributed by atoms with Gasteiger partial charge in [0.25, 0.3) is 0 Å². The Kier molecular flexibility index (Phi) is 6.36. The van der Waals surface area contributed by atoms with Crippen molar-refractivity contribution in [2.24, 2.45) is 0 Å². The van der Waals surface area contributed by atoms with Gasteiger partial charge in [-0.3, -0.25) is 9.69 Å². The first-order valence-electron chi connectivity index (χ1n) is 8.88. The fourth-order valence-electron chi connectivity index (χ4n) is 3.34. The van der Waals surface area contributed by atoms with Crippen LogP contribution in [-0.2, 0) is 11.3 Å². The van der Waals surface area contributed by atoms with Gasteiger partial charge in [-0.15, -0.1) is 11.3 Å². The number of anilines is 1. The van der Waals surface area contributed by atoms with E-state index in [4.69, 9.17) is 0 Å². The molecule has 3 rings (SSSR count). The largest absolute Gasteiger partial charge is 0.322 e. The fourth-order valence-corrected chi connectivity index (χ4v) is 3.86. The SMILES string of the molecule is CN(Cc1ccccc1NC(=O)/C=C/c1cscn1)C1CCCCC1. The summed E-state index contributed by atoms with van der Waals surface area (Å²) in [5.74, 6) is -0.124. The molecule has 0 radical (unpaired) electrons.